The van der Waals surface area contributed by atoms with E-state index in [4.69, 9.17) is 4.74 Å². The van der Waals surface area contributed by atoms with Crippen molar-refractivity contribution in [3.63, 3.8) is 0 Å². The van der Waals surface area contributed by atoms with Gasteiger partial charge in [-0.25, -0.2) is 0 Å². The van der Waals surface area contributed by atoms with Crippen LogP contribution in [0, 0.1) is 0 Å². The molecular weight excluding hydrogens is 326 g/mol. The lowest BCUT2D eigenvalue weighted by atomic mass is 10.1. The lowest BCUT2D eigenvalue weighted by molar-refractivity contribution is 0.365. The molecule has 0 fully saturated rings. The number of ether oxygens (including phenoxy) is 1. The van der Waals surface area contributed by atoms with Gasteiger partial charge in [0.05, 0.1) is 11.6 Å². The molecule has 0 aliphatic rings. The van der Waals surface area contributed by atoms with Gasteiger partial charge in [0.1, 0.15) is 5.75 Å². The fourth-order valence-electron chi connectivity index (χ4n) is 1.73. The first kappa shape index (κ1) is 14.3. The van der Waals surface area contributed by atoms with Crippen LogP contribution in [-0.4, -0.2) is 22.4 Å². The molecule has 0 spiro atoms. The molecule has 0 saturated carbocycles. The van der Waals surface area contributed by atoms with Gasteiger partial charge in [0.2, 0.25) is 5.75 Å². The molecule has 2 rings (SSSR count). The van der Waals surface area contributed by atoms with Crippen molar-refractivity contribution < 1.29 is 20.1 Å². The van der Waals surface area contributed by atoms with E-state index in [2.05, 4.69) is 21.2 Å². The summed E-state index contributed by atoms with van der Waals surface area (Å²) in [5, 5.41) is 31.5. The van der Waals surface area contributed by atoms with Gasteiger partial charge in [-0.2, -0.15) is 0 Å². The minimum Gasteiger partial charge on any atom is -0.504 e. The molecule has 4 N–H and O–H groups in total. The van der Waals surface area contributed by atoms with Gasteiger partial charge in [-0.15, -0.1) is 0 Å². The number of hydrogen-bond donors (Lipinski definition) is 4. The molecule has 20 heavy (non-hydrogen) atoms. The number of hydrogen-bond acceptors (Lipinski definition) is 5. The molecule has 6 heteroatoms. The Labute approximate surface area is 124 Å². The fourth-order valence-corrected chi connectivity index (χ4v) is 2.27. The first-order valence-electron chi connectivity index (χ1n) is 5.83. The van der Waals surface area contributed by atoms with Crippen LogP contribution < -0.4 is 10.1 Å². The maximum absolute atomic E-state index is 9.71. The Morgan fingerprint density at radius 3 is 2.50 bits per heavy atom. The van der Waals surface area contributed by atoms with Gasteiger partial charge in [-0.3, -0.25) is 0 Å². The predicted molar refractivity (Wildman–Crippen MR) is 79.5 cm³/mol. The number of anilines is 1. The zero-order chi connectivity index (χ0) is 14.7. The molecule has 2 aromatic carbocycles. The van der Waals surface area contributed by atoms with E-state index in [9.17, 15) is 15.3 Å². The number of aromatic hydroxyl groups is 3. The third-order valence-corrected chi connectivity index (χ3v) is 3.47. The molecule has 2 aromatic rings. The summed E-state index contributed by atoms with van der Waals surface area (Å²) in [6.07, 6.45) is 0. The second-order valence-electron chi connectivity index (χ2n) is 4.14. The molecule has 106 valence electrons. The summed E-state index contributed by atoms with van der Waals surface area (Å²) in [4.78, 5) is 0. The lowest BCUT2D eigenvalue weighted by Gasteiger charge is -2.11. The highest BCUT2D eigenvalue weighted by atomic mass is 79.9. The van der Waals surface area contributed by atoms with E-state index >= 15 is 0 Å². The maximum Gasteiger partial charge on any atom is 0.200 e. The Morgan fingerprint density at radius 1 is 1.10 bits per heavy atom. The third kappa shape index (κ3) is 2.91. The van der Waals surface area contributed by atoms with Crippen LogP contribution in [0.1, 0.15) is 5.56 Å². The quantitative estimate of drug-likeness (QED) is 0.643. The average molecular weight is 340 g/mol. The van der Waals surface area contributed by atoms with Crippen molar-refractivity contribution in [2.75, 3.05) is 12.4 Å². The first-order valence-corrected chi connectivity index (χ1v) is 6.62. The van der Waals surface area contributed by atoms with E-state index in [-0.39, 0.29) is 11.5 Å². The fraction of sp³-hybridized carbons (Fsp3) is 0.143. The van der Waals surface area contributed by atoms with Crippen LogP contribution in [0.4, 0.5) is 5.69 Å². The van der Waals surface area contributed by atoms with E-state index in [0.717, 1.165) is 15.9 Å². The molecule has 5 nitrogen and oxygen atoms in total. The molecule has 0 amide bonds. The smallest absolute Gasteiger partial charge is 0.200 e. The van der Waals surface area contributed by atoms with Crippen LogP contribution in [0.5, 0.6) is 23.0 Å². The number of phenols is 3. The number of phenolic OH excluding ortho intramolecular Hbond substituents is 3. The third-order valence-electron chi connectivity index (χ3n) is 2.85. The summed E-state index contributed by atoms with van der Waals surface area (Å²) in [7, 11) is 1.59. The topological polar surface area (TPSA) is 82.0 Å². The van der Waals surface area contributed by atoms with Crippen molar-refractivity contribution in [1.29, 1.82) is 0 Å². The molecule has 0 heterocycles. The summed E-state index contributed by atoms with van der Waals surface area (Å²) in [6, 6.07) is 8.35. The van der Waals surface area contributed by atoms with Crippen LogP contribution in [0.25, 0.3) is 0 Å². The Balaban J connectivity index is 2.13. The van der Waals surface area contributed by atoms with Gasteiger partial charge in [0.25, 0.3) is 0 Å². The Kier molecular flexibility index (Phi) is 4.24. The molecular formula is C14H14BrNO4. The second kappa shape index (κ2) is 5.92. The molecule has 0 aliphatic heterocycles. The summed E-state index contributed by atoms with van der Waals surface area (Å²) in [6.45, 7) is 0.304. The highest BCUT2D eigenvalue weighted by Gasteiger charge is 2.10. The Bertz CT molecular complexity index is 631. The first-order chi connectivity index (χ1) is 9.52. The molecule has 0 aromatic heterocycles. The maximum atomic E-state index is 9.71. The summed E-state index contributed by atoms with van der Waals surface area (Å²) < 4.78 is 5.94. The summed E-state index contributed by atoms with van der Waals surface area (Å²) in [5.41, 5.74) is 1.30. The minimum atomic E-state index is -0.514. The predicted octanol–water partition coefficient (Wildman–Crippen LogP) is 3.19. The number of halogens is 1. The largest absolute Gasteiger partial charge is 0.504 e. The Morgan fingerprint density at radius 2 is 1.85 bits per heavy atom. The van der Waals surface area contributed by atoms with Crippen molar-refractivity contribution in [1.82, 2.24) is 0 Å². The molecule has 0 bridgehead atoms. The molecule has 0 aliphatic carbocycles. The van der Waals surface area contributed by atoms with Gasteiger partial charge in [-0.1, -0.05) is 0 Å². The number of nitrogens with one attached hydrogen (secondary N) is 1. The lowest BCUT2D eigenvalue weighted by Crippen LogP contribution is -2.00. The van der Waals surface area contributed by atoms with Crippen LogP contribution in [0.15, 0.2) is 34.8 Å². The van der Waals surface area contributed by atoms with E-state index in [0.29, 0.717) is 12.1 Å². The second-order valence-corrected chi connectivity index (χ2v) is 5.00. The summed E-state index contributed by atoms with van der Waals surface area (Å²) in [5.74, 6) is -0.468. The van der Waals surface area contributed by atoms with Crippen LogP contribution in [0.2, 0.25) is 0 Å². The average Bonchev–Trinajstić information content (AvgIpc) is 2.44. The van der Waals surface area contributed by atoms with E-state index in [1.54, 1.807) is 13.2 Å². The molecule has 0 radical (unpaired) electrons. The SMILES string of the molecule is COc1ccc(NCc2ccc(O)c(O)c2O)cc1Br. The standard InChI is InChI=1S/C14H14BrNO4/c1-20-12-5-3-9(6-10(12)15)16-7-8-2-4-11(17)14(19)13(8)18/h2-6,16-19H,7H2,1H3. The van der Waals surface area contributed by atoms with E-state index in [1.165, 1.54) is 12.1 Å². The van der Waals surface area contributed by atoms with Gasteiger partial charge < -0.3 is 25.4 Å². The minimum absolute atomic E-state index is 0.304. The van der Waals surface area contributed by atoms with E-state index < -0.39 is 5.75 Å². The monoisotopic (exact) mass is 339 g/mol. The number of methoxy groups -OCH3 is 1. The zero-order valence-corrected chi connectivity index (χ0v) is 12.3. The van der Waals surface area contributed by atoms with Crippen molar-refractivity contribution in [3.8, 4) is 23.0 Å². The number of rotatable bonds is 4. The van der Waals surface area contributed by atoms with Crippen molar-refractivity contribution in [3.05, 3.63) is 40.4 Å². The molecule has 0 atom stereocenters. The van der Waals surface area contributed by atoms with Gasteiger partial charge >= 0.3 is 0 Å². The van der Waals surface area contributed by atoms with Crippen LogP contribution in [-0.2, 0) is 6.54 Å². The van der Waals surface area contributed by atoms with Crippen LogP contribution in [0.3, 0.4) is 0 Å². The van der Waals surface area contributed by atoms with Crippen molar-refractivity contribution in [2.24, 2.45) is 0 Å². The highest BCUT2D eigenvalue weighted by molar-refractivity contribution is 9.10. The van der Waals surface area contributed by atoms with Crippen molar-refractivity contribution in [2.45, 2.75) is 6.54 Å². The van der Waals surface area contributed by atoms with Gasteiger partial charge in [0, 0.05) is 17.8 Å². The Hall–Kier alpha value is -2.08. The zero-order valence-electron chi connectivity index (χ0n) is 10.7. The van der Waals surface area contributed by atoms with E-state index in [1.807, 2.05) is 12.1 Å². The number of benzene rings is 2. The molecule has 0 saturated heterocycles. The normalized spacial score (nSPS) is 10.3. The summed E-state index contributed by atoms with van der Waals surface area (Å²) >= 11 is 3.38. The molecule has 0 unspecified atom stereocenters. The van der Waals surface area contributed by atoms with Crippen molar-refractivity contribution >= 4 is 21.6 Å². The van der Waals surface area contributed by atoms with Gasteiger partial charge in [0.15, 0.2) is 11.5 Å². The van der Waals surface area contributed by atoms with Gasteiger partial charge in [-0.05, 0) is 46.3 Å². The van der Waals surface area contributed by atoms with Crippen LogP contribution >= 0.6 is 15.9 Å². The highest BCUT2D eigenvalue weighted by Crippen LogP contribution is 2.37.